The van der Waals surface area contributed by atoms with Crippen LogP contribution in [0.4, 0.5) is 0 Å². The monoisotopic (exact) mass is 230 g/mol. The summed E-state index contributed by atoms with van der Waals surface area (Å²) in [6.07, 6.45) is 2.81. The molecule has 0 saturated heterocycles. The van der Waals surface area contributed by atoms with Crippen molar-refractivity contribution in [3.05, 3.63) is 0 Å². The Balaban J connectivity index is 2.86. The van der Waals surface area contributed by atoms with Crippen LogP contribution in [-0.2, 0) is 0 Å². The SMILES string of the molecule is CCC[Te]C(C)CC. The zero-order valence-electron chi connectivity index (χ0n) is 6.11. The molecule has 0 spiro atoms. The van der Waals surface area contributed by atoms with Crippen LogP contribution >= 0.6 is 0 Å². The van der Waals surface area contributed by atoms with E-state index in [2.05, 4.69) is 20.8 Å². The molecule has 0 bridgehead atoms. The van der Waals surface area contributed by atoms with Crippen LogP contribution in [0.1, 0.15) is 33.6 Å². The average Bonchev–Trinajstić information content (AvgIpc) is 1.83. The van der Waals surface area contributed by atoms with Crippen molar-refractivity contribution >= 4 is 20.9 Å². The van der Waals surface area contributed by atoms with Gasteiger partial charge in [-0.25, -0.2) is 0 Å². The molecule has 0 amide bonds. The molecule has 0 aliphatic carbocycles. The predicted molar refractivity (Wildman–Crippen MR) is 40.6 cm³/mol. The Hall–Kier alpha value is 0.790. The van der Waals surface area contributed by atoms with E-state index in [9.17, 15) is 0 Å². The summed E-state index contributed by atoms with van der Waals surface area (Å²) in [5, 5.41) is 0. The van der Waals surface area contributed by atoms with Crippen LogP contribution in [0.25, 0.3) is 0 Å². The molecule has 0 fully saturated rings. The van der Waals surface area contributed by atoms with Crippen LogP contribution in [0.15, 0.2) is 0 Å². The van der Waals surface area contributed by atoms with Crippen molar-refractivity contribution in [1.82, 2.24) is 0 Å². The molecule has 50 valence electrons. The van der Waals surface area contributed by atoms with Crippen LogP contribution in [0.5, 0.6) is 0 Å². The summed E-state index contributed by atoms with van der Waals surface area (Å²) >= 11 is 0.405. The van der Waals surface area contributed by atoms with Gasteiger partial charge in [0.1, 0.15) is 0 Å². The molecule has 0 rings (SSSR count). The molecule has 0 radical (unpaired) electrons. The summed E-state index contributed by atoms with van der Waals surface area (Å²) in [4.78, 5) is 0. The van der Waals surface area contributed by atoms with Gasteiger partial charge >= 0.3 is 63.0 Å². The summed E-state index contributed by atoms with van der Waals surface area (Å²) in [6, 6.07) is 0. The first-order chi connectivity index (χ1) is 3.81. The molecule has 0 aliphatic rings. The summed E-state index contributed by atoms with van der Waals surface area (Å²) in [5.41, 5.74) is 0. The second kappa shape index (κ2) is 5.92. The summed E-state index contributed by atoms with van der Waals surface area (Å²) < 4.78 is 2.63. The van der Waals surface area contributed by atoms with Crippen molar-refractivity contribution in [3.8, 4) is 0 Å². The van der Waals surface area contributed by atoms with Crippen LogP contribution in [0.2, 0.25) is 8.43 Å². The molecule has 0 aromatic carbocycles. The zero-order chi connectivity index (χ0) is 6.41. The van der Waals surface area contributed by atoms with Gasteiger partial charge in [-0.15, -0.1) is 0 Å². The third-order valence-electron chi connectivity index (χ3n) is 1.18. The molecule has 0 aromatic heterocycles. The van der Waals surface area contributed by atoms with Gasteiger partial charge in [0, 0.05) is 0 Å². The number of hydrogen-bond acceptors (Lipinski definition) is 0. The molecule has 1 atom stereocenters. The van der Waals surface area contributed by atoms with Gasteiger partial charge in [0.25, 0.3) is 0 Å². The molecule has 1 heteroatoms. The number of hydrogen-bond donors (Lipinski definition) is 0. The Kier molecular flexibility index (Phi) is 6.50. The van der Waals surface area contributed by atoms with E-state index >= 15 is 0 Å². The van der Waals surface area contributed by atoms with Gasteiger partial charge in [-0.2, -0.15) is 0 Å². The Morgan fingerprint density at radius 3 is 2.38 bits per heavy atom. The minimum atomic E-state index is 0.405. The van der Waals surface area contributed by atoms with Crippen molar-refractivity contribution < 1.29 is 0 Å². The van der Waals surface area contributed by atoms with Gasteiger partial charge in [0.15, 0.2) is 0 Å². The normalized spacial score (nSPS) is 13.9. The predicted octanol–water partition coefficient (Wildman–Crippen LogP) is 2.74. The van der Waals surface area contributed by atoms with Crippen molar-refractivity contribution in [2.75, 3.05) is 0 Å². The van der Waals surface area contributed by atoms with Gasteiger partial charge in [-0.3, -0.25) is 0 Å². The first-order valence-corrected chi connectivity index (χ1v) is 6.42. The quantitative estimate of drug-likeness (QED) is 0.648. The molecule has 0 aliphatic heterocycles. The maximum absolute atomic E-state index is 2.39. The van der Waals surface area contributed by atoms with Crippen molar-refractivity contribution in [2.24, 2.45) is 0 Å². The third-order valence-corrected chi connectivity index (χ3v) is 5.59. The first kappa shape index (κ1) is 8.79. The Bertz CT molecular complexity index is 43.7. The standard InChI is InChI=1S/C7H16Te/c1-4-6-8-7(3)5-2/h7H,4-6H2,1-3H3. The molecule has 0 saturated carbocycles. The fourth-order valence-electron chi connectivity index (χ4n) is 0.437. The molecule has 0 aromatic rings. The average molecular weight is 228 g/mol. The Labute approximate surface area is 63.1 Å². The van der Waals surface area contributed by atoms with E-state index in [0.29, 0.717) is 20.9 Å². The van der Waals surface area contributed by atoms with Crippen molar-refractivity contribution in [3.63, 3.8) is 0 Å². The van der Waals surface area contributed by atoms with Crippen molar-refractivity contribution in [2.45, 2.75) is 42.0 Å². The summed E-state index contributed by atoms with van der Waals surface area (Å²) in [6.45, 7) is 6.97. The van der Waals surface area contributed by atoms with E-state index in [-0.39, 0.29) is 0 Å². The second-order valence-electron chi connectivity index (χ2n) is 2.09. The van der Waals surface area contributed by atoms with E-state index in [4.69, 9.17) is 0 Å². The zero-order valence-corrected chi connectivity index (χ0v) is 8.44. The Morgan fingerprint density at radius 2 is 2.00 bits per heavy atom. The molecular weight excluding hydrogens is 212 g/mol. The van der Waals surface area contributed by atoms with Crippen LogP contribution in [-0.4, -0.2) is 20.9 Å². The van der Waals surface area contributed by atoms with Crippen LogP contribution in [0.3, 0.4) is 0 Å². The topological polar surface area (TPSA) is 0 Å². The molecule has 0 N–H and O–H groups in total. The fraction of sp³-hybridized carbons (Fsp3) is 1.00. The minimum absolute atomic E-state index is 0.405. The molecule has 8 heavy (non-hydrogen) atoms. The third kappa shape index (κ3) is 4.94. The van der Waals surface area contributed by atoms with E-state index in [1.807, 2.05) is 0 Å². The van der Waals surface area contributed by atoms with E-state index in [1.165, 1.54) is 12.8 Å². The van der Waals surface area contributed by atoms with E-state index in [1.54, 1.807) is 4.47 Å². The van der Waals surface area contributed by atoms with Gasteiger partial charge in [0.2, 0.25) is 0 Å². The molecule has 0 nitrogen and oxygen atoms in total. The first-order valence-electron chi connectivity index (χ1n) is 3.42. The summed E-state index contributed by atoms with van der Waals surface area (Å²) in [5.74, 6) is 0. The van der Waals surface area contributed by atoms with E-state index in [0.717, 1.165) is 3.97 Å². The van der Waals surface area contributed by atoms with Crippen LogP contribution in [0, 0.1) is 0 Å². The van der Waals surface area contributed by atoms with Gasteiger partial charge in [0.05, 0.1) is 0 Å². The van der Waals surface area contributed by atoms with Gasteiger partial charge < -0.3 is 0 Å². The molecular formula is C7H16Te. The van der Waals surface area contributed by atoms with Gasteiger partial charge in [-0.1, -0.05) is 0 Å². The maximum atomic E-state index is 2.39. The van der Waals surface area contributed by atoms with Gasteiger partial charge in [-0.05, 0) is 0 Å². The number of rotatable bonds is 4. The second-order valence-corrected chi connectivity index (χ2v) is 6.50. The van der Waals surface area contributed by atoms with Crippen LogP contribution < -0.4 is 0 Å². The van der Waals surface area contributed by atoms with Crippen molar-refractivity contribution in [1.29, 1.82) is 0 Å². The molecule has 1 unspecified atom stereocenters. The summed E-state index contributed by atoms with van der Waals surface area (Å²) in [7, 11) is 0. The fourth-order valence-corrected chi connectivity index (χ4v) is 2.93. The van der Waals surface area contributed by atoms with E-state index < -0.39 is 0 Å². The Morgan fingerprint density at radius 1 is 1.38 bits per heavy atom. The molecule has 0 heterocycles.